The Morgan fingerprint density at radius 1 is 1.27 bits per heavy atom. The van der Waals surface area contributed by atoms with E-state index in [2.05, 4.69) is 6.58 Å². The van der Waals surface area contributed by atoms with Crippen molar-refractivity contribution in [2.24, 2.45) is 23.2 Å². The molecule has 2 heterocycles. The van der Waals surface area contributed by atoms with E-state index in [9.17, 15) is 30.3 Å². The quantitative estimate of drug-likeness (QED) is 0.221. The van der Waals surface area contributed by atoms with Gasteiger partial charge in [0.2, 0.25) is 6.29 Å². The number of carbonyl (C=O) groups is 1. The van der Waals surface area contributed by atoms with Crippen LogP contribution in [0.25, 0.3) is 0 Å². The van der Waals surface area contributed by atoms with Gasteiger partial charge in [-0.15, -0.1) is 6.58 Å². The normalized spacial score (nSPS) is 49.3. The first kappa shape index (κ1) is 23.2. The van der Waals surface area contributed by atoms with Crippen LogP contribution in [-0.4, -0.2) is 81.0 Å². The lowest BCUT2D eigenvalue weighted by molar-refractivity contribution is -0.288. The zero-order valence-electron chi connectivity index (χ0n) is 17.4. The number of ether oxygens (including phenoxy) is 3. The molecule has 9 heteroatoms. The molecule has 0 bridgehead atoms. The highest BCUT2D eigenvalue weighted by Gasteiger charge is 2.58. The Morgan fingerprint density at radius 3 is 2.53 bits per heavy atom. The van der Waals surface area contributed by atoms with E-state index in [1.807, 2.05) is 6.92 Å². The molecule has 1 aliphatic carbocycles. The van der Waals surface area contributed by atoms with E-state index in [-0.39, 0.29) is 17.8 Å². The van der Waals surface area contributed by atoms with Crippen molar-refractivity contribution in [2.75, 3.05) is 6.61 Å². The van der Waals surface area contributed by atoms with Crippen LogP contribution in [0.4, 0.5) is 0 Å². The summed E-state index contributed by atoms with van der Waals surface area (Å²) in [5, 5.41) is 49.9. The second-order valence-corrected chi connectivity index (χ2v) is 8.92. The number of allylic oxidation sites excluding steroid dienone is 1. The largest absolute Gasteiger partial charge is 0.470 e. The van der Waals surface area contributed by atoms with Crippen LogP contribution >= 0.6 is 0 Å². The van der Waals surface area contributed by atoms with E-state index in [0.717, 1.165) is 0 Å². The zero-order valence-corrected chi connectivity index (χ0v) is 17.4. The number of esters is 1. The molecule has 30 heavy (non-hydrogen) atoms. The molecule has 0 radical (unpaired) electrons. The first-order valence-electron chi connectivity index (χ1n) is 10.2. The Kier molecular flexibility index (Phi) is 6.62. The minimum absolute atomic E-state index is 0.331. The molecule has 0 aromatic rings. The Hall–Kier alpha value is -1.49. The van der Waals surface area contributed by atoms with E-state index >= 15 is 0 Å². The third-order valence-corrected chi connectivity index (χ3v) is 6.91. The van der Waals surface area contributed by atoms with Gasteiger partial charge in [0, 0.05) is 11.8 Å². The van der Waals surface area contributed by atoms with Crippen molar-refractivity contribution in [1.29, 1.82) is 0 Å². The summed E-state index contributed by atoms with van der Waals surface area (Å²) >= 11 is 0. The van der Waals surface area contributed by atoms with Crippen molar-refractivity contribution in [1.82, 2.24) is 0 Å². The van der Waals surface area contributed by atoms with Gasteiger partial charge in [-0.1, -0.05) is 19.9 Å². The van der Waals surface area contributed by atoms with Crippen molar-refractivity contribution < 1.29 is 44.5 Å². The van der Waals surface area contributed by atoms with Gasteiger partial charge in [0.1, 0.15) is 30.5 Å². The molecule has 0 amide bonds. The van der Waals surface area contributed by atoms with Gasteiger partial charge >= 0.3 is 5.97 Å². The van der Waals surface area contributed by atoms with Gasteiger partial charge in [0.15, 0.2) is 0 Å². The maximum Gasteiger partial charge on any atom is 0.309 e. The lowest BCUT2D eigenvalue weighted by Gasteiger charge is -2.48. The van der Waals surface area contributed by atoms with Gasteiger partial charge < -0.3 is 39.7 Å². The highest BCUT2D eigenvalue weighted by atomic mass is 16.7. The summed E-state index contributed by atoms with van der Waals surface area (Å²) in [5.74, 6) is -1.47. The SMILES string of the molecule is C=C[C@]1(C)C[C@H](O)[C@@H]2[C@H](OC(=O)[C@@H]2C)[C@H]1/C(C)=C/O[C@@H]1O[C@H](CO)[C@@H](O)[C@H](O)[C@H]1O. The minimum atomic E-state index is -1.54. The summed E-state index contributed by atoms with van der Waals surface area (Å²) in [6.45, 7) is 8.79. The highest BCUT2D eigenvalue weighted by Crippen LogP contribution is 2.53. The van der Waals surface area contributed by atoms with E-state index < -0.39 is 60.9 Å². The van der Waals surface area contributed by atoms with Crippen LogP contribution in [0.3, 0.4) is 0 Å². The van der Waals surface area contributed by atoms with Crippen molar-refractivity contribution >= 4 is 5.97 Å². The molecule has 1 saturated carbocycles. The summed E-state index contributed by atoms with van der Waals surface area (Å²) in [6, 6.07) is 0. The van der Waals surface area contributed by atoms with Crippen molar-refractivity contribution in [3.05, 3.63) is 24.5 Å². The van der Waals surface area contributed by atoms with Gasteiger partial charge in [0.05, 0.1) is 24.9 Å². The summed E-state index contributed by atoms with van der Waals surface area (Å²) in [4.78, 5) is 12.2. The Labute approximate surface area is 175 Å². The molecule has 2 aliphatic heterocycles. The van der Waals surface area contributed by atoms with Crippen LogP contribution in [0.1, 0.15) is 27.2 Å². The van der Waals surface area contributed by atoms with Crippen molar-refractivity contribution in [3.8, 4) is 0 Å². The second-order valence-electron chi connectivity index (χ2n) is 8.92. The van der Waals surface area contributed by atoms with Crippen LogP contribution < -0.4 is 0 Å². The molecule has 0 aromatic carbocycles. The average molecular weight is 428 g/mol. The monoisotopic (exact) mass is 428 g/mol. The van der Waals surface area contributed by atoms with Crippen LogP contribution in [0.5, 0.6) is 0 Å². The fourth-order valence-electron chi connectivity index (χ4n) is 5.11. The van der Waals surface area contributed by atoms with E-state index in [4.69, 9.17) is 14.2 Å². The maximum atomic E-state index is 12.2. The number of hydrogen-bond donors (Lipinski definition) is 5. The van der Waals surface area contributed by atoms with Gasteiger partial charge in [-0.3, -0.25) is 4.79 Å². The molecular weight excluding hydrogens is 396 g/mol. The van der Waals surface area contributed by atoms with E-state index in [1.165, 1.54) is 6.26 Å². The standard InChI is InChI=1S/C21H32O9/c1-5-21(4)6-11(23)13-10(3)19(27)30-18(13)14(21)9(2)8-28-20-17(26)16(25)15(24)12(7-22)29-20/h5,8,10-18,20,22-26H,1,6-7H2,2-4H3/b9-8+/t10-,11+,12-,13-,14-,15-,16+,17-,18+,20-,21-/m1/s1. The van der Waals surface area contributed by atoms with Gasteiger partial charge in [-0.2, -0.15) is 0 Å². The Balaban J connectivity index is 1.84. The molecule has 170 valence electrons. The summed E-state index contributed by atoms with van der Waals surface area (Å²) in [7, 11) is 0. The molecule has 2 saturated heterocycles. The molecule has 11 atom stereocenters. The van der Waals surface area contributed by atoms with Crippen LogP contribution in [0.15, 0.2) is 24.5 Å². The molecule has 5 N–H and O–H groups in total. The first-order valence-corrected chi connectivity index (χ1v) is 10.2. The van der Waals surface area contributed by atoms with Crippen LogP contribution in [-0.2, 0) is 19.0 Å². The molecular formula is C21H32O9. The fourth-order valence-corrected chi connectivity index (χ4v) is 5.11. The van der Waals surface area contributed by atoms with Crippen molar-refractivity contribution in [3.63, 3.8) is 0 Å². The predicted octanol–water partition coefficient (Wildman–Crippen LogP) is -0.542. The number of aliphatic hydroxyl groups excluding tert-OH is 5. The Bertz CT molecular complexity index is 692. The minimum Gasteiger partial charge on any atom is -0.470 e. The van der Waals surface area contributed by atoms with Crippen LogP contribution in [0.2, 0.25) is 0 Å². The fraction of sp³-hybridized carbons (Fsp3) is 0.762. The van der Waals surface area contributed by atoms with Gasteiger partial charge in [-0.25, -0.2) is 0 Å². The topological polar surface area (TPSA) is 146 Å². The molecule has 0 aromatic heterocycles. The maximum absolute atomic E-state index is 12.2. The van der Waals surface area contributed by atoms with Crippen molar-refractivity contribution in [2.45, 2.75) is 70.1 Å². The van der Waals surface area contributed by atoms with Crippen LogP contribution in [0, 0.1) is 23.2 Å². The molecule has 3 fully saturated rings. The van der Waals surface area contributed by atoms with Gasteiger partial charge in [0.25, 0.3) is 0 Å². The molecule has 3 rings (SSSR count). The number of carbonyl (C=O) groups excluding carboxylic acids is 1. The summed E-state index contributed by atoms with van der Waals surface area (Å²) in [6.07, 6.45) is -4.70. The summed E-state index contributed by atoms with van der Waals surface area (Å²) < 4.78 is 16.6. The number of hydrogen-bond acceptors (Lipinski definition) is 9. The average Bonchev–Trinajstić information content (AvgIpc) is 3.00. The predicted molar refractivity (Wildman–Crippen MR) is 104 cm³/mol. The lowest BCUT2D eigenvalue weighted by atomic mass is 9.58. The third kappa shape index (κ3) is 3.79. The first-order chi connectivity index (χ1) is 14.1. The molecule has 9 nitrogen and oxygen atoms in total. The number of aliphatic hydroxyl groups is 5. The number of rotatable bonds is 5. The second kappa shape index (κ2) is 8.57. The Morgan fingerprint density at radius 2 is 1.93 bits per heavy atom. The van der Waals surface area contributed by atoms with E-state index in [1.54, 1.807) is 19.9 Å². The van der Waals surface area contributed by atoms with E-state index in [0.29, 0.717) is 12.0 Å². The van der Waals surface area contributed by atoms with Gasteiger partial charge in [-0.05, 0) is 24.3 Å². The highest BCUT2D eigenvalue weighted by molar-refractivity contribution is 5.75. The smallest absolute Gasteiger partial charge is 0.309 e. The molecule has 0 spiro atoms. The molecule has 3 aliphatic rings. The number of fused-ring (bicyclic) bond motifs is 1. The third-order valence-electron chi connectivity index (χ3n) is 6.91. The zero-order chi connectivity index (χ0) is 22.4. The summed E-state index contributed by atoms with van der Waals surface area (Å²) in [5.41, 5.74) is 0.0997. The lowest BCUT2D eigenvalue weighted by Crippen LogP contribution is -2.58. The molecule has 0 unspecified atom stereocenters.